The van der Waals surface area contributed by atoms with Gasteiger partial charge >= 0.3 is 5.97 Å². The average molecular weight is 235 g/mol. The van der Waals surface area contributed by atoms with Crippen LogP contribution in [0.2, 0.25) is 0 Å². The number of aromatic carboxylic acids is 1. The Morgan fingerprint density at radius 2 is 2.18 bits per heavy atom. The molecule has 1 aromatic heterocycles. The van der Waals surface area contributed by atoms with Crippen LogP contribution in [0.15, 0.2) is 0 Å². The number of hydrogen-bond donors (Lipinski definition) is 2. The van der Waals surface area contributed by atoms with Crippen LogP contribution in [-0.2, 0) is 13.0 Å². The molecule has 1 saturated carbocycles. The fourth-order valence-corrected chi connectivity index (χ4v) is 3.07. The van der Waals surface area contributed by atoms with Crippen molar-refractivity contribution in [3.05, 3.63) is 17.0 Å². The molecular formula is C12H17N3O2. The summed E-state index contributed by atoms with van der Waals surface area (Å²) >= 11 is 0. The molecule has 2 aliphatic rings. The molecule has 0 unspecified atom stereocenters. The Labute approximate surface area is 99.8 Å². The second kappa shape index (κ2) is 4.14. The monoisotopic (exact) mass is 235 g/mol. The van der Waals surface area contributed by atoms with E-state index in [0.29, 0.717) is 6.04 Å². The fourth-order valence-electron chi connectivity index (χ4n) is 3.07. The molecule has 0 bridgehead atoms. The van der Waals surface area contributed by atoms with Gasteiger partial charge < -0.3 is 5.11 Å². The molecule has 92 valence electrons. The van der Waals surface area contributed by atoms with Crippen molar-refractivity contribution in [1.82, 2.24) is 15.1 Å². The maximum Gasteiger partial charge on any atom is 0.356 e. The first kappa shape index (κ1) is 10.8. The number of carbonyl (C=O) groups is 1. The molecule has 17 heavy (non-hydrogen) atoms. The highest BCUT2D eigenvalue weighted by atomic mass is 16.4. The van der Waals surface area contributed by atoms with Gasteiger partial charge in [0, 0.05) is 36.8 Å². The summed E-state index contributed by atoms with van der Waals surface area (Å²) in [6.07, 6.45) is 6.04. The smallest absolute Gasteiger partial charge is 0.356 e. The Balaban J connectivity index is 1.83. The number of carboxylic acid groups (broad SMARTS) is 1. The number of aromatic nitrogens is 2. The van der Waals surface area contributed by atoms with Gasteiger partial charge in [0.05, 0.1) is 0 Å². The number of nitrogens with one attached hydrogen (secondary N) is 1. The molecular weight excluding hydrogens is 218 g/mol. The number of carboxylic acids is 1. The van der Waals surface area contributed by atoms with Gasteiger partial charge in [-0.3, -0.25) is 10.00 Å². The molecule has 0 aromatic carbocycles. The van der Waals surface area contributed by atoms with E-state index in [1.165, 1.54) is 25.7 Å². The number of fused-ring (bicyclic) bond motifs is 1. The highest BCUT2D eigenvalue weighted by Gasteiger charge is 2.30. The third-order valence-corrected chi connectivity index (χ3v) is 4.01. The van der Waals surface area contributed by atoms with Crippen LogP contribution in [0.3, 0.4) is 0 Å². The van der Waals surface area contributed by atoms with E-state index in [1.54, 1.807) is 0 Å². The standard InChI is InChI=1S/C12H17N3O2/c16-12(17)11-9-7-15(8-3-1-2-4-8)6-5-10(9)13-14-11/h8H,1-7H2,(H,13,14)(H,16,17). The number of rotatable bonds is 2. The van der Waals surface area contributed by atoms with Crippen molar-refractivity contribution in [2.24, 2.45) is 0 Å². The molecule has 0 atom stereocenters. The van der Waals surface area contributed by atoms with E-state index in [-0.39, 0.29) is 5.69 Å². The largest absolute Gasteiger partial charge is 0.476 e. The van der Waals surface area contributed by atoms with Crippen molar-refractivity contribution in [3.8, 4) is 0 Å². The second-order valence-corrected chi connectivity index (χ2v) is 4.99. The normalized spacial score (nSPS) is 21.6. The topological polar surface area (TPSA) is 69.2 Å². The lowest BCUT2D eigenvalue weighted by atomic mass is 10.0. The molecule has 0 amide bonds. The summed E-state index contributed by atoms with van der Waals surface area (Å²) in [6, 6.07) is 0.652. The minimum Gasteiger partial charge on any atom is -0.476 e. The van der Waals surface area contributed by atoms with Gasteiger partial charge in [0.15, 0.2) is 5.69 Å². The van der Waals surface area contributed by atoms with Crippen molar-refractivity contribution in [2.75, 3.05) is 6.54 Å². The molecule has 1 aromatic rings. The predicted molar refractivity (Wildman–Crippen MR) is 61.9 cm³/mol. The predicted octanol–water partition coefficient (Wildman–Crippen LogP) is 1.41. The van der Waals surface area contributed by atoms with Gasteiger partial charge in [-0.25, -0.2) is 4.79 Å². The number of hydrogen-bond acceptors (Lipinski definition) is 3. The van der Waals surface area contributed by atoms with E-state index in [2.05, 4.69) is 15.1 Å². The van der Waals surface area contributed by atoms with Crippen molar-refractivity contribution < 1.29 is 9.90 Å². The molecule has 5 nitrogen and oxygen atoms in total. The molecule has 0 radical (unpaired) electrons. The highest BCUT2D eigenvalue weighted by Crippen LogP contribution is 2.29. The zero-order chi connectivity index (χ0) is 11.8. The van der Waals surface area contributed by atoms with Crippen LogP contribution in [0.5, 0.6) is 0 Å². The summed E-state index contributed by atoms with van der Waals surface area (Å²) in [7, 11) is 0. The summed E-state index contributed by atoms with van der Waals surface area (Å²) in [5, 5.41) is 15.8. The van der Waals surface area contributed by atoms with E-state index < -0.39 is 5.97 Å². The maximum absolute atomic E-state index is 11.1. The van der Waals surface area contributed by atoms with Crippen LogP contribution in [-0.4, -0.2) is 38.8 Å². The molecule has 3 rings (SSSR count). The SMILES string of the molecule is O=C(O)c1n[nH]c2c1CN(C1CCCC1)CC2. The number of H-pyrrole nitrogens is 1. The highest BCUT2D eigenvalue weighted by molar-refractivity contribution is 5.87. The first-order valence-electron chi connectivity index (χ1n) is 6.29. The minimum absolute atomic E-state index is 0.211. The minimum atomic E-state index is -0.921. The van der Waals surface area contributed by atoms with Gasteiger partial charge in [0.25, 0.3) is 0 Å². The summed E-state index contributed by atoms with van der Waals surface area (Å²) in [6.45, 7) is 1.77. The Bertz CT molecular complexity index is 435. The van der Waals surface area contributed by atoms with Crippen molar-refractivity contribution in [1.29, 1.82) is 0 Å². The molecule has 1 aliphatic carbocycles. The van der Waals surface area contributed by atoms with Crippen LogP contribution in [0.25, 0.3) is 0 Å². The molecule has 0 saturated heterocycles. The third kappa shape index (κ3) is 1.84. The van der Waals surface area contributed by atoms with Crippen LogP contribution < -0.4 is 0 Å². The number of aromatic amines is 1. The Hall–Kier alpha value is -1.36. The maximum atomic E-state index is 11.1. The molecule has 1 fully saturated rings. The zero-order valence-electron chi connectivity index (χ0n) is 9.78. The molecule has 5 heteroatoms. The van der Waals surface area contributed by atoms with Gasteiger partial charge in [0.2, 0.25) is 0 Å². The third-order valence-electron chi connectivity index (χ3n) is 4.01. The Morgan fingerprint density at radius 1 is 1.41 bits per heavy atom. The van der Waals surface area contributed by atoms with E-state index in [9.17, 15) is 4.79 Å². The quantitative estimate of drug-likeness (QED) is 0.813. The van der Waals surface area contributed by atoms with Crippen molar-refractivity contribution in [3.63, 3.8) is 0 Å². The van der Waals surface area contributed by atoms with Crippen LogP contribution in [0, 0.1) is 0 Å². The fraction of sp³-hybridized carbons (Fsp3) is 0.667. The zero-order valence-corrected chi connectivity index (χ0v) is 9.78. The lowest BCUT2D eigenvalue weighted by Crippen LogP contribution is -2.38. The van der Waals surface area contributed by atoms with E-state index in [4.69, 9.17) is 5.11 Å². The van der Waals surface area contributed by atoms with Gasteiger partial charge in [-0.2, -0.15) is 5.10 Å². The number of nitrogens with zero attached hydrogens (tertiary/aromatic N) is 2. The first-order valence-corrected chi connectivity index (χ1v) is 6.29. The van der Waals surface area contributed by atoms with E-state index in [1.807, 2.05) is 0 Å². The van der Waals surface area contributed by atoms with Crippen molar-refractivity contribution >= 4 is 5.97 Å². The molecule has 1 aliphatic heterocycles. The van der Waals surface area contributed by atoms with Gasteiger partial charge in [0.1, 0.15) is 0 Å². The summed E-state index contributed by atoms with van der Waals surface area (Å²) in [5.41, 5.74) is 2.12. The van der Waals surface area contributed by atoms with Crippen LogP contribution in [0.1, 0.15) is 47.4 Å². The summed E-state index contributed by atoms with van der Waals surface area (Å²) < 4.78 is 0. The lowest BCUT2D eigenvalue weighted by Gasteiger charge is -2.32. The molecule has 0 spiro atoms. The van der Waals surface area contributed by atoms with Gasteiger partial charge in [-0.1, -0.05) is 12.8 Å². The van der Waals surface area contributed by atoms with Crippen molar-refractivity contribution in [2.45, 2.75) is 44.7 Å². The van der Waals surface area contributed by atoms with Crippen LogP contribution >= 0.6 is 0 Å². The lowest BCUT2D eigenvalue weighted by molar-refractivity contribution is 0.0686. The molecule has 2 heterocycles. The summed E-state index contributed by atoms with van der Waals surface area (Å²) in [4.78, 5) is 13.5. The Morgan fingerprint density at radius 3 is 2.88 bits per heavy atom. The summed E-state index contributed by atoms with van der Waals surface area (Å²) in [5.74, 6) is -0.921. The van der Waals surface area contributed by atoms with E-state index >= 15 is 0 Å². The molecule has 2 N–H and O–H groups in total. The van der Waals surface area contributed by atoms with Gasteiger partial charge in [-0.15, -0.1) is 0 Å². The van der Waals surface area contributed by atoms with Crippen LogP contribution in [0.4, 0.5) is 0 Å². The second-order valence-electron chi connectivity index (χ2n) is 4.99. The average Bonchev–Trinajstić information content (AvgIpc) is 2.97. The first-order chi connectivity index (χ1) is 8.25. The Kier molecular flexibility index (Phi) is 2.63. The van der Waals surface area contributed by atoms with E-state index in [0.717, 1.165) is 30.8 Å². The van der Waals surface area contributed by atoms with Gasteiger partial charge in [-0.05, 0) is 12.8 Å².